The van der Waals surface area contributed by atoms with E-state index in [0.29, 0.717) is 16.7 Å². The van der Waals surface area contributed by atoms with Crippen molar-refractivity contribution in [3.63, 3.8) is 0 Å². The van der Waals surface area contributed by atoms with Gasteiger partial charge in [-0.15, -0.1) is 0 Å². The van der Waals surface area contributed by atoms with Gasteiger partial charge in [-0.05, 0) is 68.8 Å². The molecule has 36 heavy (non-hydrogen) atoms. The van der Waals surface area contributed by atoms with Crippen molar-refractivity contribution >= 4 is 21.6 Å². The largest absolute Gasteiger partial charge is 0.494 e. The number of ether oxygens (including phenoxy) is 1. The van der Waals surface area contributed by atoms with Crippen LogP contribution in [0.3, 0.4) is 0 Å². The molecule has 0 saturated carbocycles. The third-order valence-corrected chi connectivity index (χ3v) is 7.21. The number of carbonyl (C=O) groups is 1. The number of benzene rings is 3. The standard InChI is InChI=1S/C26H27F3N2O4S/c1-4-35-23-12-10-20(11-13-23)19(3)30-25(32)17-31(22-7-5-6-21(16-22)26(27,28)29)36(33,34)24-14-8-18(2)9-15-24/h5-16,19H,4,17H2,1-3H3,(H,30,32)/t19-/m1/s1. The molecule has 192 valence electrons. The van der Waals surface area contributed by atoms with Crippen LogP contribution in [-0.4, -0.2) is 27.5 Å². The number of hydrogen-bond acceptors (Lipinski definition) is 4. The molecule has 0 saturated heterocycles. The van der Waals surface area contributed by atoms with Gasteiger partial charge in [0, 0.05) is 0 Å². The van der Waals surface area contributed by atoms with Crippen molar-refractivity contribution in [2.75, 3.05) is 17.5 Å². The van der Waals surface area contributed by atoms with Crippen LogP contribution in [0.5, 0.6) is 5.75 Å². The van der Waals surface area contributed by atoms with Gasteiger partial charge in [0.05, 0.1) is 28.8 Å². The minimum atomic E-state index is -4.68. The summed E-state index contributed by atoms with van der Waals surface area (Å²) in [5.74, 6) is -0.0100. The molecular weight excluding hydrogens is 493 g/mol. The first-order valence-corrected chi connectivity index (χ1v) is 12.6. The number of halogens is 3. The molecule has 3 aromatic carbocycles. The Balaban J connectivity index is 1.91. The van der Waals surface area contributed by atoms with E-state index in [4.69, 9.17) is 4.74 Å². The maximum absolute atomic E-state index is 13.4. The number of rotatable bonds is 9. The third kappa shape index (κ3) is 6.57. The normalized spacial score (nSPS) is 12.6. The summed E-state index contributed by atoms with van der Waals surface area (Å²) in [6.07, 6.45) is -4.68. The molecule has 1 amide bonds. The van der Waals surface area contributed by atoms with E-state index in [9.17, 15) is 26.4 Å². The van der Waals surface area contributed by atoms with Gasteiger partial charge in [0.15, 0.2) is 0 Å². The van der Waals surface area contributed by atoms with Crippen LogP contribution in [0.4, 0.5) is 18.9 Å². The molecule has 6 nitrogen and oxygen atoms in total. The van der Waals surface area contributed by atoms with E-state index in [0.717, 1.165) is 29.3 Å². The Labute approximate surface area is 208 Å². The average Bonchev–Trinajstić information content (AvgIpc) is 2.83. The number of nitrogens with one attached hydrogen (secondary N) is 1. The van der Waals surface area contributed by atoms with Crippen molar-refractivity contribution in [1.82, 2.24) is 5.32 Å². The lowest BCUT2D eigenvalue weighted by Gasteiger charge is -2.26. The number of hydrogen-bond donors (Lipinski definition) is 1. The Hall–Kier alpha value is -3.53. The number of nitrogens with zero attached hydrogens (tertiary/aromatic N) is 1. The number of alkyl halides is 3. The van der Waals surface area contributed by atoms with Gasteiger partial charge in [-0.2, -0.15) is 13.2 Å². The van der Waals surface area contributed by atoms with Crippen LogP contribution in [0.2, 0.25) is 0 Å². The van der Waals surface area contributed by atoms with E-state index in [-0.39, 0.29) is 10.6 Å². The molecule has 0 fully saturated rings. The van der Waals surface area contributed by atoms with E-state index in [1.807, 2.05) is 6.92 Å². The number of carbonyl (C=O) groups excluding carboxylic acids is 1. The minimum absolute atomic E-state index is 0.141. The van der Waals surface area contributed by atoms with Crippen LogP contribution < -0.4 is 14.4 Å². The molecule has 0 bridgehead atoms. The van der Waals surface area contributed by atoms with Crippen molar-refractivity contribution in [1.29, 1.82) is 0 Å². The van der Waals surface area contributed by atoms with E-state index in [1.54, 1.807) is 50.2 Å². The molecule has 0 aliphatic rings. The average molecular weight is 521 g/mol. The minimum Gasteiger partial charge on any atom is -0.494 e. The van der Waals surface area contributed by atoms with Crippen molar-refractivity contribution in [3.05, 3.63) is 89.5 Å². The van der Waals surface area contributed by atoms with E-state index in [1.165, 1.54) is 18.2 Å². The van der Waals surface area contributed by atoms with Gasteiger partial charge in [0.25, 0.3) is 10.0 Å². The predicted molar refractivity (Wildman–Crippen MR) is 131 cm³/mol. The highest BCUT2D eigenvalue weighted by Crippen LogP contribution is 2.33. The molecular formula is C26H27F3N2O4S. The summed E-state index contributed by atoms with van der Waals surface area (Å²) in [5.41, 5.74) is 0.266. The van der Waals surface area contributed by atoms with Crippen LogP contribution >= 0.6 is 0 Å². The van der Waals surface area contributed by atoms with Gasteiger partial charge in [-0.25, -0.2) is 8.42 Å². The fourth-order valence-corrected chi connectivity index (χ4v) is 4.92. The van der Waals surface area contributed by atoms with Gasteiger partial charge in [0.2, 0.25) is 5.91 Å². The van der Waals surface area contributed by atoms with Gasteiger partial charge >= 0.3 is 6.18 Å². The third-order valence-electron chi connectivity index (χ3n) is 5.43. The van der Waals surface area contributed by atoms with Crippen LogP contribution in [0.15, 0.2) is 77.7 Å². The summed E-state index contributed by atoms with van der Waals surface area (Å²) in [6.45, 7) is 5.15. The lowest BCUT2D eigenvalue weighted by Crippen LogP contribution is -2.41. The molecule has 0 spiro atoms. The van der Waals surface area contributed by atoms with E-state index < -0.39 is 40.3 Å². The topological polar surface area (TPSA) is 75.7 Å². The molecule has 0 radical (unpaired) electrons. The highest BCUT2D eigenvalue weighted by molar-refractivity contribution is 7.92. The Morgan fingerprint density at radius 3 is 2.25 bits per heavy atom. The zero-order chi connectivity index (χ0) is 26.5. The number of amides is 1. The van der Waals surface area contributed by atoms with Crippen molar-refractivity contribution in [3.8, 4) is 5.75 Å². The van der Waals surface area contributed by atoms with Gasteiger partial charge in [0.1, 0.15) is 12.3 Å². The van der Waals surface area contributed by atoms with E-state index in [2.05, 4.69) is 5.32 Å². The second-order valence-electron chi connectivity index (χ2n) is 8.16. The van der Waals surface area contributed by atoms with Crippen LogP contribution in [-0.2, 0) is 21.0 Å². The van der Waals surface area contributed by atoms with Crippen LogP contribution in [0.1, 0.15) is 36.6 Å². The molecule has 1 N–H and O–H groups in total. The highest BCUT2D eigenvalue weighted by atomic mass is 32.2. The summed E-state index contributed by atoms with van der Waals surface area (Å²) in [4.78, 5) is 12.8. The second kappa shape index (κ2) is 11.0. The fourth-order valence-electron chi connectivity index (χ4n) is 3.51. The lowest BCUT2D eigenvalue weighted by atomic mass is 10.1. The molecule has 0 aromatic heterocycles. The number of anilines is 1. The monoisotopic (exact) mass is 520 g/mol. The molecule has 3 rings (SSSR count). The number of sulfonamides is 1. The van der Waals surface area contributed by atoms with E-state index >= 15 is 0 Å². The molecule has 0 aliphatic heterocycles. The second-order valence-corrected chi connectivity index (χ2v) is 10.0. The molecule has 0 aliphatic carbocycles. The van der Waals surface area contributed by atoms with Crippen molar-refractivity contribution in [2.24, 2.45) is 0 Å². The Morgan fingerprint density at radius 1 is 1.03 bits per heavy atom. The molecule has 0 heterocycles. The summed E-state index contributed by atoms with van der Waals surface area (Å²) in [5, 5.41) is 2.72. The lowest BCUT2D eigenvalue weighted by molar-refractivity contribution is -0.137. The molecule has 1 atom stereocenters. The summed E-state index contributed by atoms with van der Waals surface area (Å²) < 4.78 is 73.0. The Morgan fingerprint density at radius 2 is 1.67 bits per heavy atom. The van der Waals surface area contributed by atoms with Gasteiger partial charge in [-0.1, -0.05) is 35.9 Å². The first kappa shape index (κ1) is 27.1. The van der Waals surface area contributed by atoms with Crippen LogP contribution in [0, 0.1) is 6.92 Å². The summed E-state index contributed by atoms with van der Waals surface area (Å²) in [7, 11) is -4.35. The first-order chi connectivity index (χ1) is 16.9. The Bertz CT molecular complexity index is 1290. The highest BCUT2D eigenvalue weighted by Gasteiger charge is 2.33. The smallest absolute Gasteiger partial charge is 0.416 e. The van der Waals surface area contributed by atoms with Gasteiger partial charge < -0.3 is 10.1 Å². The van der Waals surface area contributed by atoms with Gasteiger partial charge in [-0.3, -0.25) is 9.10 Å². The van der Waals surface area contributed by atoms with Crippen molar-refractivity contribution < 1.29 is 31.1 Å². The summed E-state index contributed by atoms with van der Waals surface area (Å²) >= 11 is 0. The number of aryl methyl sites for hydroxylation is 1. The zero-order valence-electron chi connectivity index (χ0n) is 20.0. The maximum Gasteiger partial charge on any atom is 0.416 e. The summed E-state index contributed by atoms with van der Waals surface area (Å²) in [6, 6.07) is 16.3. The molecule has 0 unspecified atom stereocenters. The van der Waals surface area contributed by atoms with Crippen LogP contribution in [0.25, 0.3) is 0 Å². The zero-order valence-corrected chi connectivity index (χ0v) is 20.9. The SMILES string of the molecule is CCOc1ccc([C@@H](C)NC(=O)CN(c2cccc(C(F)(F)F)c2)S(=O)(=O)c2ccc(C)cc2)cc1. The fraction of sp³-hybridized carbons (Fsp3) is 0.269. The molecule has 3 aromatic rings. The maximum atomic E-state index is 13.4. The van der Waals surface area contributed by atoms with Crippen molar-refractivity contribution in [2.45, 2.75) is 37.9 Å². The molecule has 10 heteroatoms. The first-order valence-electron chi connectivity index (χ1n) is 11.2. The Kier molecular flexibility index (Phi) is 8.29. The predicted octanol–water partition coefficient (Wildman–Crippen LogP) is 5.49. The quantitative estimate of drug-likeness (QED) is 0.405.